The molecule has 5 rings (SSSR count). The molecule has 172 valence electrons. The zero-order valence-electron chi connectivity index (χ0n) is 18.6. The highest BCUT2D eigenvalue weighted by Crippen LogP contribution is 2.40. The average molecular weight is 483 g/mol. The molecule has 8 heteroatoms. The van der Waals surface area contributed by atoms with Gasteiger partial charge in [-0.25, -0.2) is 4.98 Å². The van der Waals surface area contributed by atoms with E-state index in [0.717, 1.165) is 46.4 Å². The molecule has 4 aromatic rings. The van der Waals surface area contributed by atoms with Crippen LogP contribution in [0.4, 0.5) is 5.13 Å². The van der Waals surface area contributed by atoms with E-state index in [9.17, 15) is 4.79 Å². The molecular formula is C25H25ClN3O3S-. The summed E-state index contributed by atoms with van der Waals surface area (Å²) in [5, 5.41) is 2.86. The van der Waals surface area contributed by atoms with Crippen molar-refractivity contribution in [1.29, 1.82) is 0 Å². The van der Waals surface area contributed by atoms with E-state index in [1.807, 2.05) is 48.5 Å². The predicted octanol–water partition coefficient (Wildman–Crippen LogP) is 2.17. The van der Waals surface area contributed by atoms with Gasteiger partial charge in [0.25, 0.3) is 5.91 Å². The average Bonchev–Trinajstić information content (AvgIpc) is 3.45. The van der Waals surface area contributed by atoms with E-state index in [1.54, 1.807) is 4.90 Å². The molecule has 1 aliphatic heterocycles. The van der Waals surface area contributed by atoms with Crippen LogP contribution >= 0.6 is 11.3 Å². The molecule has 2 heterocycles. The van der Waals surface area contributed by atoms with Crippen molar-refractivity contribution in [2.45, 2.75) is 13.8 Å². The molecule has 0 fully saturated rings. The number of likely N-dealkylation sites (N-methyl/N-ethyl adjacent to an activating group) is 1. The van der Waals surface area contributed by atoms with Gasteiger partial charge in [0.15, 0.2) is 16.6 Å². The second-order valence-electron chi connectivity index (χ2n) is 7.72. The third kappa shape index (κ3) is 4.62. The molecule has 1 aliphatic rings. The predicted molar refractivity (Wildman–Crippen MR) is 129 cm³/mol. The third-order valence-corrected chi connectivity index (χ3v) is 6.92. The Labute approximate surface area is 203 Å². The maximum absolute atomic E-state index is 13.7. The molecule has 0 unspecified atom stereocenters. The van der Waals surface area contributed by atoms with Crippen LogP contribution in [0.25, 0.3) is 21.0 Å². The van der Waals surface area contributed by atoms with Crippen LogP contribution in [0.3, 0.4) is 0 Å². The second-order valence-corrected chi connectivity index (χ2v) is 8.72. The highest BCUT2D eigenvalue weighted by molar-refractivity contribution is 7.22. The molecule has 0 saturated heterocycles. The normalized spacial score (nSPS) is 12.3. The summed E-state index contributed by atoms with van der Waals surface area (Å²) >= 11 is 1.50. The molecule has 0 saturated carbocycles. The summed E-state index contributed by atoms with van der Waals surface area (Å²) in [4.78, 5) is 22.6. The smallest absolute Gasteiger partial charge is 0.260 e. The summed E-state index contributed by atoms with van der Waals surface area (Å²) < 4.78 is 12.0. The number of aromatic nitrogens is 1. The van der Waals surface area contributed by atoms with Crippen LogP contribution in [0.1, 0.15) is 24.2 Å². The second kappa shape index (κ2) is 9.95. The molecule has 1 amide bonds. The minimum Gasteiger partial charge on any atom is -1.00 e. The van der Waals surface area contributed by atoms with Crippen LogP contribution in [-0.2, 0) is 0 Å². The number of nitrogens with zero attached hydrogens (tertiary/aromatic N) is 3. The molecule has 3 aromatic carbocycles. The molecule has 33 heavy (non-hydrogen) atoms. The fourth-order valence-corrected chi connectivity index (χ4v) is 4.97. The van der Waals surface area contributed by atoms with Crippen molar-refractivity contribution in [3.63, 3.8) is 0 Å². The van der Waals surface area contributed by atoms with Gasteiger partial charge in [-0.05, 0) is 36.0 Å². The number of thiazole rings is 1. The van der Waals surface area contributed by atoms with Crippen LogP contribution in [0, 0.1) is 0 Å². The van der Waals surface area contributed by atoms with E-state index in [2.05, 4.69) is 24.8 Å². The quantitative estimate of drug-likeness (QED) is 0.404. The van der Waals surface area contributed by atoms with E-state index in [1.165, 1.54) is 11.3 Å². The Kier molecular flexibility index (Phi) is 7.02. The summed E-state index contributed by atoms with van der Waals surface area (Å²) in [5.41, 5.74) is 1.48. The molecule has 0 bridgehead atoms. The van der Waals surface area contributed by atoms with Crippen molar-refractivity contribution in [3.05, 3.63) is 60.2 Å². The van der Waals surface area contributed by atoms with Gasteiger partial charge >= 0.3 is 0 Å². The number of benzene rings is 3. The van der Waals surface area contributed by atoms with Crippen molar-refractivity contribution in [2.24, 2.45) is 0 Å². The Hall–Kier alpha value is -2.87. The van der Waals surface area contributed by atoms with Crippen molar-refractivity contribution in [3.8, 4) is 11.5 Å². The van der Waals surface area contributed by atoms with Gasteiger partial charge in [0.2, 0.25) is 6.79 Å². The zero-order chi connectivity index (χ0) is 22.1. The number of amides is 1. The van der Waals surface area contributed by atoms with Crippen LogP contribution in [0.15, 0.2) is 54.6 Å². The topological polar surface area (TPSA) is 54.9 Å². The van der Waals surface area contributed by atoms with E-state index in [4.69, 9.17) is 14.5 Å². The number of fused-ring (bicyclic) bond motifs is 3. The standard InChI is InChI=1S/C25H25N3O3S.ClH/c1-3-27(4-2)11-12-28(24(29)19-10-9-17-7-5-6-8-18(17)13-19)25-26-20-14-21-22(31-16-30-21)15-23(20)32-25;/h5-10,13-15H,3-4,11-12,16H2,1-2H3;1H/p-1. The molecule has 1 aromatic heterocycles. The summed E-state index contributed by atoms with van der Waals surface area (Å²) in [7, 11) is 0. The van der Waals surface area contributed by atoms with E-state index < -0.39 is 0 Å². The molecule has 0 spiro atoms. The van der Waals surface area contributed by atoms with Gasteiger partial charge in [0.1, 0.15) is 0 Å². The minimum atomic E-state index is -0.0398. The van der Waals surface area contributed by atoms with E-state index in [-0.39, 0.29) is 25.1 Å². The third-order valence-electron chi connectivity index (χ3n) is 5.88. The number of hydrogen-bond donors (Lipinski definition) is 0. The molecule has 0 aliphatic carbocycles. The largest absolute Gasteiger partial charge is 1.00 e. The summed E-state index contributed by atoms with van der Waals surface area (Å²) in [5.74, 6) is 1.38. The number of rotatable bonds is 7. The van der Waals surface area contributed by atoms with E-state index >= 15 is 0 Å². The number of hydrogen-bond acceptors (Lipinski definition) is 6. The number of carbonyl (C=O) groups excluding carboxylic acids is 1. The highest BCUT2D eigenvalue weighted by atomic mass is 35.5. The van der Waals surface area contributed by atoms with Gasteiger partial charge in [0, 0.05) is 30.8 Å². The fraction of sp³-hybridized carbons (Fsp3) is 0.280. The summed E-state index contributed by atoms with van der Waals surface area (Å²) in [6, 6.07) is 17.8. The molecule has 0 radical (unpaired) electrons. The molecule has 0 N–H and O–H groups in total. The summed E-state index contributed by atoms with van der Waals surface area (Å²) in [6.45, 7) is 7.74. The van der Waals surface area contributed by atoms with Crippen LogP contribution in [0.5, 0.6) is 11.5 Å². The molecule has 6 nitrogen and oxygen atoms in total. The van der Waals surface area contributed by atoms with Crippen LogP contribution < -0.4 is 26.8 Å². The number of carbonyl (C=O) groups is 1. The monoisotopic (exact) mass is 482 g/mol. The minimum absolute atomic E-state index is 0. The number of ether oxygens (including phenoxy) is 2. The van der Waals surface area contributed by atoms with Crippen molar-refractivity contribution < 1.29 is 26.7 Å². The Bertz CT molecular complexity index is 1250. The Morgan fingerprint density at radius 3 is 2.45 bits per heavy atom. The molecule has 0 atom stereocenters. The Morgan fingerprint density at radius 1 is 0.970 bits per heavy atom. The van der Waals surface area contributed by atoms with Gasteiger partial charge < -0.3 is 26.8 Å². The maximum Gasteiger partial charge on any atom is 0.260 e. The van der Waals surface area contributed by atoms with Crippen LogP contribution in [-0.4, -0.2) is 48.8 Å². The zero-order valence-corrected chi connectivity index (χ0v) is 20.2. The first-order valence-corrected chi connectivity index (χ1v) is 11.7. The van der Waals surface area contributed by atoms with Gasteiger partial charge in [-0.1, -0.05) is 55.5 Å². The maximum atomic E-state index is 13.7. The number of halogens is 1. The lowest BCUT2D eigenvalue weighted by molar-refractivity contribution is -0.0000155. The van der Waals surface area contributed by atoms with Gasteiger partial charge in [-0.3, -0.25) is 9.69 Å². The lowest BCUT2D eigenvalue weighted by Gasteiger charge is -2.24. The lowest BCUT2D eigenvalue weighted by Crippen LogP contribution is -3.00. The van der Waals surface area contributed by atoms with Gasteiger partial charge in [-0.2, -0.15) is 0 Å². The first kappa shape index (κ1) is 23.3. The van der Waals surface area contributed by atoms with Gasteiger partial charge in [0.05, 0.1) is 10.2 Å². The Balaban J connectivity index is 0.00000259. The van der Waals surface area contributed by atoms with E-state index in [0.29, 0.717) is 23.0 Å². The lowest BCUT2D eigenvalue weighted by atomic mass is 10.1. The first-order valence-electron chi connectivity index (χ1n) is 10.9. The van der Waals surface area contributed by atoms with Crippen molar-refractivity contribution in [1.82, 2.24) is 9.88 Å². The fourth-order valence-electron chi connectivity index (χ4n) is 3.96. The van der Waals surface area contributed by atoms with Crippen LogP contribution in [0.2, 0.25) is 0 Å². The SMILES string of the molecule is CCN(CC)CCN(C(=O)c1ccc2ccccc2c1)c1nc2cc3c(cc2s1)OCO3.[Cl-]. The number of anilines is 1. The summed E-state index contributed by atoms with van der Waals surface area (Å²) in [6.07, 6.45) is 0. The first-order chi connectivity index (χ1) is 15.7. The Morgan fingerprint density at radius 2 is 1.70 bits per heavy atom. The highest BCUT2D eigenvalue weighted by Gasteiger charge is 2.24. The van der Waals surface area contributed by atoms with Gasteiger partial charge in [-0.15, -0.1) is 0 Å². The molecular weight excluding hydrogens is 458 g/mol. The van der Waals surface area contributed by atoms with Crippen molar-refractivity contribution >= 4 is 43.4 Å². The van der Waals surface area contributed by atoms with Crippen molar-refractivity contribution in [2.75, 3.05) is 37.9 Å².